The molecule has 15 heavy (non-hydrogen) atoms. The summed E-state index contributed by atoms with van der Waals surface area (Å²) in [6.45, 7) is 1.74. The number of carbonyl (C=O) groups is 1. The van der Waals surface area contributed by atoms with Gasteiger partial charge in [0.15, 0.2) is 22.9 Å². The molecule has 2 rings (SSSR count). The predicted molar refractivity (Wildman–Crippen MR) is 58.5 cm³/mol. The number of furan rings is 1. The van der Waals surface area contributed by atoms with Crippen LogP contribution >= 0.6 is 15.9 Å². The van der Waals surface area contributed by atoms with Gasteiger partial charge in [0, 0.05) is 16.3 Å². The number of Topliss-reactive ketones (excluding diaryl/α,β-unsaturated/α-hetero) is 1. The van der Waals surface area contributed by atoms with Crippen molar-refractivity contribution in [2.45, 2.75) is 13.3 Å². The fourth-order valence-corrected chi connectivity index (χ4v) is 1.84. The maximum absolute atomic E-state index is 13.4. The van der Waals surface area contributed by atoms with E-state index in [9.17, 15) is 9.18 Å². The number of rotatable bonds is 2. The molecule has 4 heteroatoms. The molecule has 0 bridgehead atoms. The van der Waals surface area contributed by atoms with Crippen molar-refractivity contribution >= 4 is 32.7 Å². The number of carbonyl (C=O) groups excluding carboxylic acids is 1. The summed E-state index contributed by atoms with van der Waals surface area (Å²) in [5.74, 6) is -0.374. The molecule has 0 atom stereocenters. The van der Waals surface area contributed by atoms with Crippen LogP contribution in [0.25, 0.3) is 11.0 Å². The van der Waals surface area contributed by atoms with E-state index >= 15 is 0 Å². The van der Waals surface area contributed by atoms with E-state index in [2.05, 4.69) is 15.9 Å². The van der Waals surface area contributed by atoms with Crippen LogP contribution in [0.4, 0.5) is 4.39 Å². The molecular weight excluding hydrogens is 263 g/mol. The minimum Gasteiger partial charge on any atom is -0.450 e. The molecule has 0 saturated carbocycles. The van der Waals surface area contributed by atoms with Crippen LogP contribution in [0.1, 0.15) is 23.9 Å². The summed E-state index contributed by atoms with van der Waals surface area (Å²) in [6, 6.07) is 4.59. The van der Waals surface area contributed by atoms with Gasteiger partial charge in [-0.3, -0.25) is 4.79 Å². The molecule has 78 valence electrons. The Labute approximate surface area is 94.2 Å². The first-order valence-electron chi connectivity index (χ1n) is 4.53. The molecule has 0 aliphatic carbocycles. The third-order valence-electron chi connectivity index (χ3n) is 2.13. The summed E-state index contributed by atoms with van der Waals surface area (Å²) in [5, 5.41) is 0.596. The van der Waals surface area contributed by atoms with Crippen LogP contribution in [0.2, 0.25) is 0 Å². The lowest BCUT2D eigenvalue weighted by atomic mass is 10.2. The van der Waals surface area contributed by atoms with Crippen LogP contribution in [0.15, 0.2) is 27.1 Å². The van der Waals surface area contributed by atoms with Gasteiger partial charge in [-0.1, -0.05) is 22.9 Å². The Morgan fingerprint density at radius 1 is 1.47 bits per heavy atom. The van der Waals surface area contributed by atoms with Crippen molar-refractivity contribution in [3.05, 3.63) is 34.2 Å². The number of fused-ring (bicyclic) bond motifs is 1. The SMILES string of the molecule is CCC(=O)c1cc2cc(Br)cc(F)c2o1. The Morgan fingerprint density at radius 2 is 2.20 bits per heavy atom. The summed E-state index contributed by atoms with van der Waals surface area (Å²) in [4.78, 5) is 11.4. The Kier molecular flexibility index (Phi) is 2.61. The van der Waals surface area contributed by atoms with Crippen molar-refractivity contribution < 1.29 is 13.6 Å². The van der Waals surface area contributed by atoms with E-state index in [-0.39, 0.29) is 17.1 Å². The zero-order chi connectivity index (χ0) is 11.0. The molecule has 2 nitrogen and oxygen atoms in total. The van der Waals surface area contributed by atoms with E-state index in [4.69, 9.17) is 4.42 Å². The molecular formula is C11H8BrFO2. The third-order valence-corrected chi connectivity index (χ3v) is 2.59. The average molecular weight is 271 g/mol. The van der Waals surface area contributed by atoms with E-state index in [0.717, 1.165) is 0 Å². The normalized spacial score (nSPS) is 10.9. The van der Waals surface area contributed by atoms with Crippen molar-refractivity contribution in [3.8, 4) is 0 Å². The highest BCUT2D eigenvalue weighted by molar-refractivity contribution is 9.10. The van der Waals surface area contributed by atoms with Gasteiger partial charge in [0.05, 0.1) is 0 Å². The minimum atomic E-state index is -0.463. The fraction of sp³-hybridized carbons (Fsp3) is 0.182. The first-order valence-corrected chi connectivity index (χ1v) is 5.33. The summed E-state index contributed by atoms with van der Waals surface area (Å²) < 4.78 is 19.2. The molecule has 0 unspecified atom stereocenters. The van der Waals surface area contributed by atoms with Crippen LogP contribution in [0.3, 0.4) is 0 Å². The molecule has 1 aromatic heterocycles. The quantitative estimate of drug-likeness (QED) is 0.775. The maximum Gasteiger partial charge on any atom is 0.197 e. The molecule has 1 heterocycles. The van der Waals surface area contributed by atoms with E-state index in [1.165, 1.54) is 6.07 Å². The predicted octanol–water partition coefficient (Wildman–Crippen LogP) is 3.93. The van der Waals surface area contributed by atoms with Crippen LogP contribution in [0, 0.1) is 5.82 Å². The van der Waals surface area contributed by atoms with Gasteiger partial charge in [0.25, 0.3) is 0 Å². The molecule has 0 aliphatic heterocycles. The first-order chi connectivity index (χ1) is 7.11. The van der Waals surface area contributed by atoms with Crippen LogP contribution < -0.4 is 0 Å². The maximum atomic E-state index is 13.4. The van der Waals surface area contributed by atoms with E-state index < -0.39 is 5.82 Å². The molecule has 0 spiro atoms. The van der Waals surface area contributed by atoms with Gasteiger partial charge < -0.3 is 4.42 Å². The number of halogens is 2. The smallest absolute Gasteiger partial charge is 0.197 e. The Balaban J connectivity index is 2.65. The molecule has 0 radical (unpaired) electrons. The lowest BCUT2D eigenvalue weighted by molar-refractivity contribution is 0.0963. The van der Waals surface area contributed by atoms with E-state index in [1.54, 1.807) is 19.1 Å². The van der Waals surface area contributed by atoms with Gasteiger partial charge in [-0.15, -0.1) is 0 Å². The van der Waals surface area contributed by atoms with Crippen LogP contribution in [0.5, 0.6) is 0 Å². The molecule has 0 fully saturated rings. The lowest BCUT2D eigenvalue weighted by Gasteiger charge is -1.92. The highest BCUT2D eigenvalue weighted by atomic mass is 79.9. The Morgan fingerprint density at radius 3 is 2.87 bits per heavy atom. The summed E-state index contributed by atoms with van der Waals surface area (Å²) in [7, 11) is 0. The second-order valence-corrected chi connectivity index (χ2v) is 4.11. The molecule has 0 aliphatic rings. The van der Waals surface area contributed by atoms with Gasteiger partial charge in [0.2, 0.25) is 0 Å². The Hall–Kier alpha value is -1.16. The van der Waals surface area contributed by atoms with Crippen molar-refractivity contribution in [2.75, 3.05) is 0 Å². The molecule has 0 N–H and O–H groups in total. The Bertz CT molecular complexity index is 531. The number of hydrogen-bond acceptors (Lipinski definition) is 2. The van der Waals surface area contributed by atoms with Gasteiger partial charge in [-0.05, 0) is 18.2 Å². The molecule has 0 saturated heterocycles. The molecule has 0 amide bonds. The van der Waals surface area contributed by atoms with E-state index in [0.29, 0.717) is 16.3 Å². The average Bonchev–Trinajstić information content (AvgIpc) is 2.60. The molecule has 1 aromatic carbocycles. The second kappa shape index (κ2) is 3.77. The zero-order valence-electron chi connectivity index (χ0n) is 8.01. The van der Waals surface area contributed by atoms with Crippen molar-refractivity contribution in [3.63, 3.8) is 0 Å². The number of benzene rings is 1. The first kappa shape index (κ1) is 10.4. The number of hydrogen-bond donors (Lipinski definition) is 0. The van der Waals surface area contributed by atoms with Gasteiger partial charge in [-0.2, -0.15) is 0 Å². The molecule has 2 aromatic rings. The van der Waals surface area contributed by atoms with Crippen molar-refractivity contribution in [2.24, 2.45) is 0 Å². The highest BCUT2D eigenvalue weighted by Crippen LogP contribution is 2.26. The van der Waals surface area contributed by atoms with Gasteiger partial charge in [0.1, 0.15) is 0 Å². The topological polar surface area (TPSA) is 30.2 Å². The van der Waals surface area contributed by atoms with Crippen molar-refractivity contribution in [1.82, 2.24) is 0 Å². The monoisotopic (exact) mass is 270 g/mol. The van der Waals surface area contributed by atoms with Gasteiger partial charge >= 0.3 is 0 Å². The zero-order valence-corrected chi connectivity index (χ0v) is 9.60. The summed E-state index contributed by atoms with van der Waals surface area (Å²) >= 11 is 3.18. The second-order valence-electron chi connectivity index (χ2n) is 3.19. The van der Waals surface area contributed by atoms with E-state index in [1.807, 2.05) is 0 Å². The van der Waals surface area contributed by atoms with Crippen molar-refractivity contribution in [1.29, 1.82) is 0 Å². The highest BCUT2D eigenvalue weighted by Gasteiger charge is 2.13. The van der Waals surface area contributed by atoms with Crippen LogP contribution in [-0.4, -0.2) is 5.78 Å². The standard InChI is InChI=1S/C11H8BrFO2/c1-2-9(14)10-4-6-3-7(12)5-8(13)11(6)15-10/h3-5H,2H2,1H3. The third kappa shape index (κ3) is 1.81. The number of ketones is 1. The fourth-order valence-electron chi connectivity index (χ4n) is 1.39. The minimum absolute atomic E-state index is 0.123. The van der Waals surface area contributed by atoms with Crippen LogP contribution in [-0.2, 0) is 0 Å². The lowest BCUT2D eigenvalue weighted by Crippen LogP contribution is -1.92. The summed E-state index contributed by atoms with van der Waals surface area (Å²) in [5.41, 5.74) is 0.134. The summed E-state index contributed by atoms with van der Waals surface area (Å²) in [6.07, 6.45) is 0.350. The van der Waals surface area contributed by atoms with Gasteiger partial charge in [-0.25, -0.2) is 4.39 Å². The largest absolute Gasteiger partial charge is 0.450 e.